The fraction of sp³-hybridized carbons (Fsp3) is 0.786. The van der Waals surface area contributed by atoms with Gasteiger partial charge in [-0.15, -0.1) is 0 Å². The van der Waals surface area contributed by atoms with Gasteiger partial charge in [0.25, 0.3) is 0 Å². The van der Waals surface area contributed by atoms with Crippen LogP contribution in [-0.4, -0.2) is 21.9 Å². The molecule has 18 heavy (non-hydrogen) atoms. The van der Waals surface area contributed by atoms with Crippen molar-refractivity contribution in [3.05, 3.63) is 18.0 Å². The first-order chi connectivity index (χ1) is 8.52. The second-order valence-electron chi connectivity index (χ2n) is 5.26. The lowest BCUT2D eigenvalue weighted by molar-refractivity contribution is 0.0753. The molecule has 4 heteroatoms. The average molecular weight is 253 g/mol. The Kier molecular flexibility index (Phi) is 5.82. The lowest BCUT2D eigenvalue weighted by atomic mass is 10.0. The van der Waals surface area contributed by atoms with Crippen molar-refractivity contribution in [3.8, 4) is 0 Å². The number of aromatic nitrogens is 2. The third kappa shape index (κ3) is 4.42. The molecule has 0 amide bonds. The SMILES string of the molecule is CCC(CC)n1ccc(COCC(C)(N)CC)n1. The van der Waals surface area contributed by atoms with E-state index >= 15 is 0 Å². The zero-order valence-corrected chi connectivity index (χ0v) is 12.1. The number of nitrogens with two attached hydrogens (primary N) is 1. The summed E-state index contributed by atoms with van der Waals surface area (Å²) in [6.07, 6.45) is 5.16. The van der Waals surface area contributed by atoms with Crippen molar-refractivity contribution in [2.45, 2.75) is 65.1 Å². The summed E-state index contributed by atoms with van der Waals surface area (Å²) in [6.45, 7) is 9.57. The highest BCUT2D eigenvalue weighted by Crippen LogP contribution is 2.15. The van der Waals surface area contributed by atoms with Gasteiger partial charge in [0, 0.05) is 11.7 Å². The van der Waals surface area contributed by atoms with Gasteiger partial charge in [0.1, 0.15) is 0 Å². The minimum Gasteiger partial charge on any atom is -0.373 e. The third-order valence-electron chi connectivity index (χ3n) is 3.47. The summed E-state index contributed by atoms with van der Waals surface area (Å²) < 4.78 is 7.68. The molecule has 0 saturated heterocycles. The number of hydrogen-bond donors (Lipinski definition) is 1. The van der Waals surface area contributed by atoms with Gasteiger partial charge >= 0.3 is 0 Å². The molecule has 0 aromatic carbocycles. The monoisotopic (exact) mass is 253 g/mol. The minimum atomic E-state index is -0.238. The van der Waals surface area contributed by atoms with Crippen LogP contribution < -0.4 is 5.73 Å². The highest BCUT2D eigenvalue weighted by Gasteiger charge is 2.16. The van der Waals surface area contributed by atoms with Crippen LogP contribution in [0.15, 0.2) is 12.3 Å². The van der Waals surface area contributed by atoms with Gasteiger partial charge in [-0.2, -0.15) is 5.10 Å². The summed E-state index contributed by atoms with van der Waals surface area (Å²) in [5, 5.41) is 4.55. The molecule has 2 N–H and O–H groups in total. The zero-order valence-electron chi connectivity index (χ0n) is 12.1. The Morgan fingerprint density at radius 1 is 1.39 bits per heavy atom. The maximum atomic E-state index is 6.03. The molecule has 1 aromatic heterocycles. The van der Waals surface area contributed by atoms with E-state index < -0.39 is 0 Å². The zero-order chi connectivity index (χ0) is 13.6. The van der Waals surface area contributed by atoms with E-state index in [0.29, 0.717) is 19.3 Å². The molecule has 0 bridgehead atoms. The molecule has 0 aliphatic rings. The fourth-order valence-corrected chi connectivity index (χ4v) is 1.81. The molecular formula is C14H27N3O. The van der Waals surface area contributed by atoms with Gasteiger partial charge in [0.2, 0.25) is 0 Å². The van der Waals surface area contributed by atoms with E-state index in [9.17, 15) is 0 Å². The second kappa shape index (κ2) is 6.90. The summed E-state index contributed by atoms with van der Waals surface area (Å²) >= 11 is 0. The Morgan fingerprint density at radius 3 is 2.61 bits per heavy atom. The van der Waals surface area contributed by atoms with Crippen LogP contribution in [0.4, 0.5) is 0 Å². The van der Waals surface area contributed by atoms with Gasteiger partial charge in [-0.05, 0) is 32.3 Å². The molecule has 1 unspecified atom stereocenters. The van der Waals surface area contributed by atoms with Crippen LogP contribution >= 0.6 is 0 Å². The maximum absolute atomic E-state index is 6.03. The van der Waals surface area contributed by atoms with E-state index in [2.05, 4.69) is 25.9 Å². The van der Waals surface area contributed by atoms with Crippen molar-refractivity contribution < 1.29 is 4.74 Å². The van der Waals surface area contributed by atoms with Crippen molar-refractivity contribution in [1.82, 2.24) is 9.78 Å². The first-order valence-electron chi connectivity index (χ1n) is 6.93. The van der Waals surface area contributed by atoms with E-state index in [4.69, 9.17) is 10.5 Å². The molecule has 1 atom stereocenters. The highest BCUT2D eigenvalue weighted by atomic mass is 16.5. The van der Waals surface area contributed by atoms with Crippen LogP contribution in [0.2, 0.25) is 0 Å². The number of hydrogen-bond acceptors (Lipinski definition) is 3. The van der Waals surface area contributed by atoms with E-state index in [-0.39, 0.29) is 5.54 Å². The Hall–Kier alpha value is -0.870. The summed E-state index contributed by atoms with van der Waals surface area (Å²) in [6, 6.07) is 2.52. The van der Waals surface area contributed by atoms with E-state index in [1.165, 1.54) is 0 Å². The van der Waals surface area contributed by atoms with Gasteiger partial charge in [0.05, 0.1) is 24.9 Å². The lowest BCUT2D eigenvalue weighted by Gasteiger charge is -2.21. The normalized spacial score (nSPS) is 15.0. The minimum absolute atomic E-state index is 0.238. The summed E-state index contributed by atoms with van der Waals surface area (Å²) in [5.74, 6) is 0. The maximum Gasteiger partial charge on any atom is 0.0907 e. The van der Waals surface area contributed by atoms with Crippen LogP contribution in [0.25, 0.3) is 0 Å². The molecule has 0 aliphatic carbocycles. The number of rotatable bonds is 8. The van der Waals surface area contributed by atoms with Crippen LogP contribution in [0.3, 0.4) is 0 Å². The van der Waals surface area contributed by atoms with Gasteiger partial charge in [-0.25, -0.2) is 0 Å². The molecule has 1 rings (SSSR count). The third-order valence-corrected chi connectivity index (χ3v) is 3.47. The van der Waals surface area contributed by atoms with Gasteiger partial charge in [0.15, 0.2) is 0 Å². The van der Waals surface area contributed by atoms with Crippen molar-refractivity contribution in [1.29, 1.82) is 0 Å². The van der Waals surface area contributed by atoms with E-state index in [1.807, 2.05) is 23.9 Å². The van der Waals surface area contributed by atoms with Crippen molar-refractivity contribution in [3.63, 3.8) is 0 Å². The molecule has 1 heterocycles. The Labute approximate surface area is 111 Å². The number of ether oxygens (including phenoxy) is 1. The molecular weight excluding hydrogens is 226 g/mol. The lowest BCUT2D eigenvalue weighted by Crippen LogP contribution is -2.40. The molecule has 0 aliphatic heterocycles. The predicted octanol–water partition coefficient (Wildman–Crippen LogP) is 2.89. The largest absolute Gasteiger partial charge is 0.373 e. The molecule has 0 spiro atoms. The Morgan fingerprint density at radius 2 is 2.06 bits per heavy atom. The van der Waals surface area contributed by atoms with Crippen LogP contribution in [0, 0.1) is 0 Å². The van der Waals surface area contributed by atoms with Crippen LogP contribution in [0.1, 0.15) is 58.7 Å². The topological polar surface area (TPSA) is 53.1 Å². The fourth-order valence-electron chi connectivity index (χ4n) is 1.81. The summed E-state index contributed by atoms with van der Waals surface area (Å²) in [5.41, 5.74) is 6.77. The highest BCUT2D eigenvalue weighted by molar-refractivity contribution is 4.98. The van der Waals surface area contributed by atoms with Crippen LogP contribution in [-0.2, 0) is 11.3 Å². The van der Waals surface area contributed by atoms with Crippen molar-refractivity contribution >= 4 is 0 Å². The average Bonchev–Trinajstić information content (AvgIpc) is 2.79. The first-order valence-corrected chi connectivity index (χ1v) is 6.93. The quantitative estimate of drug-likeness (QED) is 0.775. The van der Waals surface area contributed by atoms with Gasteiger partial charge < -0.3 is 10.5 Å². The molecule has 0 saturated carbocycles. The van der Waals surface area contributed by atoms with Crippen LogP contribution in [0.5, 0.6) is 0 Å². The first kappa shape index (κ1) is 15.2. The Bertz CT molecular complexity index is 343. The molecule has 1 aromatic rings. The van der Waals surface area contributed by atoms with E-state index in [0.717, 1.165) is 25.0 Å². The molecule has 0 radical (unpaired) electrons. The second-order valence-corrected chi connectivity index (χ2v) is 5.26. The summed E-state index contributed by atoms with van der Waals surface area (Å²) in [4.78, 5) is 0. The standard InChI is InChI=1S/C14H27N3O/c1-5-13(6-2)17-9-8-12(16-17)10-18-11-14(4,15)7-3/h8-9,13H,5-7,10-11,15H2,1-4H3. The van der Waals surface area contributed by atoms with Gasteiger partial charge in [-0.3, -0.25) is 4.68 Å². The van der Waals surface area contributed by atoms with Crippen molar-refractivity contribution in [2.24, 2.45) is 5.73 Å². The molecule has 104 valence electrons. The predicted molar refractivity (Wildman–Crippen MR) is 74.4 cm³/mol. The van der Waals surface area contributed by atoms with Gasteiger partial charge in [-0.1, -0.05) is 20.8 Å². The Balaban J connectivity index is 2.45. The molecule has 0 fully saturated rings. The smallest absolute Gasteiger partial charge is 0.0907 e. The molecule has 4 nitrogen and oxygen atoms in total. The van der Waals surface area contributed by atoms with Crippen molar-refractivity contribution in [2.75, 3.05) is 6.61 Å². The number of nitrogens with zero attached hydrogens (tertiary/aromatic N) is 2. The van der Waals surface area contributed by atoms with E-state index in [1.54, 1.807) is 0 Å². The summed E-state index contributed by atoms with van der Waals surface area (Å²) in [7, 11) is 0.